The number of carbonyl (C=O) groups excluding carboxylic acids is 1. The number of anilines is 1. The Labute approximate surface area is 214 Å². The second kappa shape index (κ2) is 10.6. The Kier molecular flexibility index (Phi) is 6.92. The van der Waals surface area contributed by atoms with Gasteiger partial charge in [0.25, 0.3) is 0 Å². The third kappa shape index (κ3) is 5.50. The minimum Gasteiger partial charge on any atom is -0.473 e. The SMILES string of the molecule is CN(C)C/C=C/C(=O)Nc1cc(-c2cnc3[nH]cc(-c4ccnc(C#N)c4)c3c2)cnc1OC1CCC1. The fourth-order valence-electron chi connectivity index (χ4n) is 4.04. The highest BCUT2D eigenvalue weighted by Crippen LogP contribution is 2.35. The summed E-state index contributed by atoms with van der Waals surface area (Å²) in [6.45, 7) is 0.662. The minimum absolute atomic E-state index is 0.123. The van der Waals surface area contributed by atoms with E-state index in [1.807, 2.05) is 43.4 Å². The van der Waals surface area contributed by atoms with E-state index in [-0.39, 0.29) is 12.0 Å². The van der Waals surface area contributed by atoms with Crippen molar-refractivity contribution in [2.45, 2.75) is 25.4 Å². The van der Waals surface area contributed by atoms with Gasteiger partial charge in [0.05, 0.1) is 0 Å². The topological polar surface area (TPSA) is 120 Å². The Hall–Kier alpha value is -4.55. The molecule has 37 heavy (non-hydrogen) atoms. The molecule has 0 unspecified atom stereocenters. The van der Waals surface area contributed by atoms with E-state index in [4.69, 9.17) is 4.74 Å². The van der Waals surface area contributed by atoms with Gasteiger partial charge in [-0.3, -0.25) is 4.79 Å². The molecule has 0 atom stereocenters. The molecule has 1 fully saturated rings. The van der Waals surface area contributed by atoms with E-state index >= 15 is 0 Å². The van der Waals surface area contributed by atoms with Gasteiger partial charge in [-0.2, -0.15) is 5.26 Å². The predicted octanol–water partition coefficient (Wildman–Crippen LogP) is 4.55. The third-order valence-corrected chi connectivity index (χ3v) is 6.23. The van der Waals surface area contributed by atoms with Crippen LogP contribution < -0.4 is 10.1 Å². The van der Waals surface area contributed by atoms with Gasteiger partial charge < -0.3 is 19.9 Å². The summed E-state index contributed by atoms with van der Waals surface area (Å²) in [6.07, 6.45) is 13.5. The molecular weight excluding hydrogens is 466 g/mol. The highest BCUT2D eigenvalue weighted by atomic mass is 16.5. The van der Waals surface area contributed by atoms with Crippen molar-refractivity contribution in [2.75, 3.05) is 26.0 Å². The lowest BCUT2D eigenvalue weighted by atomic mass is 9.96. The number of nitriles is 1. The zero-order valence-electron chi connectivity index (χ0n) is 20.7. The lowest BCUT2D eigenvalue weighted by Gasteiger charge is -2.26. The van der Waals surface area contributed by atoms with E-state index in [1.165, 1.54) is 6.08 Å². The molecule has 1 saturated carbocycles. The molecule has 4 aromatic heterocycles. The number of rotatable bonds is 8. The smallest absolute Gasteiger partial charge is 0.248 e. The van der Waals surface area contributed by atoms with Crippen LogP contribution in [0.1, 0.15) is 25.0 Å². The minimum atomic E-state index is -0.244. The summed E-state index contributed by atoms with van der Waals surface area (Å²) in [5.41, 5.74) is 5.02. The van der Waals surface area contributed by atoms with Crippen LogP contribution in [0.15, 0.2) is 61.2 Å². The molecule has 4 aromatic rings. The lowest BCUT2D eigenvalue weighted by molar-refractivity contribution is -0.111. The Morgan fingerprint density at radius 1 is 1.19 bits per heavy atom. The maximum absolute atomic E-state index is 12.6. The molecule has 1 aliphatic rings. The van der Waals surface area contributed by atoms with E-state index < -0.39 is 0 Å². The number of amides is 1. The van der Waals surface area contributed by atoms with Crippen LogP contribution in [0.2, 0.25) is 0 Å². The highest BCUT2D eigenvalue weighted by Gasteiger charge is 2.22. The van der Waals surface area contributed by atoms with Gasteiger partial charge in [0, 0.05) is 59.5 Å². The van der Waals surface area contributed by atoms with Gasteiger partial charge in [-0.15, -0.1) is 0 Å². The van der Waals surface area contributed by atoms with Gasteiger partial charge in [0.15, 0.2) is 0 Å². The summed E-state index contributed by atoms with van der Waals surface area (Å²) in [4.78, 5) is 31.0. The number of aromatic amines is 1. The molecular formula is C28H27N7O2. The molecule has 0 saturated heterocycles. The van der Waals surface area contributed by atoms with Crippen molar-refractivity contribution >= 4 is 22.6 Å². The van der Waals surface area contributed by atoms with Crippen LogP contribution in [0.25, 0.3) is 33.3 Å². The average Bonchev–Trinajstić information content (AvgIpc) is 3.30. The van der Waals surface area contributed by atoms with Crippen LogP contribution in [-0.4, -0.2) is 57.5 Å². The number of H-pyrrole nitrogens is 1. The molecule has 9 nitrogen and oxygen atoms in total. The van der Waals surface area contributed by atoms with Crippen molar-refractivity contribution in [2.24, 2.45) is 0 Å². The number of carbonyl (C=O) groups is 1. The third-order valence-electron chi connectivity index (χ3n) is 6.23. The number of nitrogens with one attached hydrogen (secondary N) is 2. The van der Waals surface area contributed by atoms with Crippen molar-refractivity contribution in [1.29, 1.82) is 5.26 Å². The summed E-state index contributed by atoms with van der Waals surface area (Å²) in [7, 11) is 3.89. The van der Waals surface area contributed by atoms with Crippen molar-refractivity contribution in [3.63, 3.8) is 0 Å². The molecule has 0 spiro atoms. The Bertz CT molecular complexity index is 1510. The van der Waals surface area contributed by atoms with Gasteiger partial charge in [-0.1, -0.05) is 6.08 Å². The number of likely N-dealkylation sites (N-methyl/N-ethyl adjacent to an activating group) is 1. The van der Waals surface area contributed by atoms with Gasteiger partial charge in [0.2, 0.25) is 11.8 Å². The normalized spacial score (nSPS) is 13.6. The van der Waals surface area contributed by atoms with Crippen LogP contribution >= 0.6 is 0 Å². The predicted molar refractivity (Wildman–Crippen MR) is 142 cm³/mol. The summed E-state index contributed by atoms with van der Waals surface area (Å²) < 4.78 is 6.06. The molecule has 9 heteroatoms. The number of hydrogen-bond donors (Lipinski definition) is 2. The molecule has 1 aliphatic carbocycles. The van der Waals surface area contributed by atoms with Crippen molar-refractivity contribution in [3.05, 3.63) is 66.9 Å². The monoisotopic (exact) mass is 493 g/mol. The maximum atomic E-state index is 12.6. The first-order valence-electron chi connectivity index (χ1n) is 12.1. The van der Waals surface area contributed by atoms with E-state index in [2.05, 4.69) is 31.3 Å². The quantitative estimate of drug-likeness (QED) is 0.346. The summed E-state index contributed by atoms with van der Waals surface area (Å²) in [6, 6.07) is 9.59. The molecule has 0 aromatic carbocycles. The second-order valence-corrected chi connectivity index (χ2v) is 9.27. The lowest BCUT2D eigenvalue weighted by Crippen LogP contribution is -2.25. The summed E-state index contributed by atoms with van der Waals surface area (Å²) in [5, 5.41) is 13.1. The molecule has 0 bridgehead atoms. The van der Waals surface area contributed by atoms with Crippen molar-refractivity contribution < 1.29 is 9.53 Å². The van der Waals surface area contributed by atoms with Crippen molar-refractivity contribution in [1.82, 2.24) is 24.8 Å². The molecule has 0 aliphatic heterocycles. The molecule has 2 N–H and O–H groups in total. The van der Waals surface area contributed by atoms with Crippen molar-refractivity contribution in [3.8, 4) is 34.2 Å². The fraction of sp³-hybridized carbons (Fsp3) is 0.250. The Balaban J connectivity index is 1.49. The van der Waals surface area contributed by atoms with Gasteiger partial charge in [-0.05, 0) is 63.2 Å². The van der Waals surface area contributed by atoms with E-state index in [1.54, 1.807) is 30.7 Å². The van der Waals surface area contributed by atoms with Gasteiger partial charge in [-0.25, -0.2) is 15.0 Å². The van der Waals surface area contributed by atoms with Gasteiger partial charge >= 0.3 is 0 Å². The Morgan fingerprint density at radius 2 is 2.00 bits per heavy atom. The number of ether oxygens (including phenoxy) is 1. The molecule has 5 rings (SSSR count). The number of aromatic nitrogens is 4. The van der Waals surface area contributed by atoms with Crippen LogP contribution in [0.5, 0.6) is 5.88 Å². The summed E-state index contributed by atoms with van der Waals surface area (Å²) >= 11 is 0. The maximum Gasteiger partial charge on any atom is 0.248 e. The zero-order valence-corrected chi connectivity index (χ0v) is 20.7. The number of nitrogens with zero attached hydrogens (tertiary/aromatic N) is 5. The first kappa shape index (κ1) is 24.2. The molecule has 4 heterocycles. The first-order chi connectivity index (χ1) is 18.0. The van der Waals surface area contributed by atoms with Crippen LogP contribution in [0.4, 0.5) is 5.69 Å². The standard InChI is InChI=1S/C28H27N7O2/c1-35(2)10-4-7-26(36)34-25-13-20(16-33-28(25)37-22-5-3-6-22)19-12-23-24(17-32-27(23)31-15-19)18-8-9-30-21(11-18)14-29/h4,7-9,11-13,15-17,22H,3,5-6,10H2,1-2H3,(H,31,32)(H,34,36)/b7-4+. The largest absolute Gasteiger partial charge is 0.473 e. The van der Waals surface area contributed by atoms with Crippen LogP contribution in [0.3, 0.4) is 0 Å². The van der Waals surface area contributed by atoms with Gasteiger partial charge in [0.1, 0.15) is 29.2 Å². The number of hydrogen-bond acceptors (Lipinski definition) is 7. The van der Waals surface area contributed by atoms with E-state index in [0.29, 0.717) is 23.8 Å². The molecule has 1 amide bonds. The molecule has 0 radical (unpaired) electrons. The number of pyridine rings is 3. The fourth-order valence-corrected chi connectivity index (χ4v) is 4.04. The Morgan fingerprint density at radius 3 is 2.76 bits per heavy atom. The highest BCUT2D eigenvalue weighted by molar-refractivity contribution is 6.01. The van der Waals surface area contributed by atoms with E-state index in [9.17, 15) is 10.1 Å². The molecule has 186 valence electrons. The number of fused-ring (bicyclic) bond motifs is 1. The van der Waals surface area contributed by atoms with Crippen LogP contribution in [0, 0.1) is 11.3 Å². The second-order valence-electron chi connectivity index (χ2n) is 9.27. The van der Waals surface area contributed by atoms with E-state index in [0.717, 1.165) is 52.5 Å². The summed E-state index contributed by atoms with van der Waals surface area (Å²) in [5.74, 6) is 0.173. The zero-order chi connectivity index (χ0) is 25.8. The first-order valence-corrected chi connectivity index (χ1v) is 12.1. The average molecular weight is 494 g/mol. The van der Waals surface area contributed by atoms with Crippen LogP contribution in [-0.2, 0) is 4.79 Å².